The maximum absolute atomic E-state index is 12.0. The summed E-state index contributed by atoms with van der Waals surface area (Å²) < 4.78 is 10.6. The Bertz CT molecular complexity index is 367. The van der Waals surface area contributed by atoms with Crippen LogP contribution in [0.15, 0.2) is 0 Å². The molecule has 0 aliphatic rings. The zero-order chi connectivity index (χ0) is 19.8. The van der Waals surface area contributed by atoms with Gasteiger partial charge in [-0.25, -0.2) is 0 Å². The summed E-state index contributed by atoms with van der Waals surface area (Å²) >= 11 is 0. The molecule has 0 aliphatic carbocycles. The van der Waals surface area contributed by atoms with E-state index in [0.29, 0.717) is 6.42 Å². The molecule has 0 aliphatic heterocycles. The molecule has 26 heavy (non-hydrogen) atoms. The lowest BCUT2D eigenvalue weighted by molar-refractivity contribution is -0.158. The number of hydrogen-bond acceptors (Lipinski definition) is 5. The second-order valence-electron chi connectivity index (χ2n) is 7.50. The van der Waals surface area contributed by atoms with Gasteiger partial charge in [-0.05, 0) is 52.2 Å². The zero-order valence-electron chi connectivity index (χ0n) is 17.7. The number of rotatable bonds is 16. The molecule has 5 nitrogen and oxygen atoms in total. The molecule has 5 heteroatoms. The van der Waals surface area contributed by atoms with Crippen LogP contribution in [0.25, 0.3) is 0 Å². The van der Waals surface area contributed by atoms with Crippen molar-refractivity contribution in [3.63, 3.8) is 0 Å². The van der Waals surface area contributed by atoms with E-state index in [1.54, 1.807) is 0 Å². The number of carbonyl (C=O) groups excluding carboxylic acids is 2. The van der Waals surface area contributed by atoms with Gasteiger partial charge in [0.2, 0.25) is 0 Å². The molecule has 0 amide bonds. The first kappa shape index (κ1) is 24.9. The molecule has 0 saturated carbocycles. The lowest BCUT2D eigenvalue weighted by Crippen LogP contribution is -2.25. The molecule has 0 fully saturated rings. The average molecular weight is 372 g/mol. The van der Waals surface area contributed by atoms with Gasteiger partial charge in [0.1, 0.15) is 12.7 Å². The van der Waals surface area contributed by atoms with Gasteiger partial charge in [0.15, 0.2) is 0 Å². The third-order valence-corrected chi connectivity index (χ3v) is 4.80. The van der Waals surface area contributed by atoms with Crippen LogP contribution in [-0.2, 0) is 19.1 Å². The van der Waals surface area contributed by atoms with E-state index < -0.39 is 0 Å². The Hall–Kier alpha value is -1.10. The largest absolute Gasteiger partial charge is 0.462 e. The van der Waals surface area contributed by atoms with Crippen molar-refractivity contribution in [2.45, 2.75) is 91.1 Å². The smallest absolute Gasteiger partial charge is 0.306 e. The van der Waals surface area contributed by atoms with Gasteiger partial charge in [-0.3, -0.25) is 9.59 Å². The minimum absolute atomic E-state index is 0.172. The summed E-state index contributed by atoms with van der Waals surface area (Å²) in [5.74, 6) is 0.315. The molecule has 0 aromatic rings. The van der Waals surface area contributed by atoms with Crippen molar-refractivity contribution in [1.82, 2.24) is 4.90 Å². The molecule has 1 atom stereocenters. The first-order valence-corrected chi connectivity index (χ1v) is 10.4. The summed E-state index contributed by atoms with van der Waals surface area (Å²) in [7, 11) is 4.05. The standard InChI is InChI=1S/C21H41NO4/c1-6-19(7-2)13-9-8-10-14-20(17-25-18(3)23)26-21(24)15-11-12-16-22(4)5/h19-20H,6-17H2,1-5H3. The normalized spacial score (nSPS) is 12.4. The van der Waals surface area contributed by atoms with Gasteiger partial charge in [-0.1, -0.05) is 46.0 Å². The van der Waals surface area contributed by atoms with Crippen molar-refractivity contribution in [2.75, 3.05) is 27.2 Å². The molecule has 154 valence electrons. The number of esters is 2. The average Bonchev–Trinajstić information content (AvgIpc) is 2.59. The summed E-state index contributed by atoms with van der Waals surface area (Å²) in [5, 5.41) is 0. The minimum atomic E-state index is -0.328. The van der Waals surface area contributed by atoms with Gasteiger partial charge >= 0.3 is 11.9 Å². The Morgan fingerprint density at radius 3 is 2.15 bits per heavy atom. The highest BCUT2D eigenvalue weighted by molar-refractivity contribution is 5.69. The van der Waals surface area contributed by atoms with Crippen molar-refractivity contribution in [3.8, 4) is 0 Å². The van der Waals surface area contributed by atoms with Crippen LogP contribution in [0.2, 0.25) is 0 Å². The minimum Gasteiger partial charge on any atom is -0.462 e. The maximum atomic E-state index is 12.0. The molecule has 0 bridgehead atoms. The number of hydrogen-bond donors (Lipinski definition) is 0. The molecular formula is C21H41NO4. The second-order valence-corrected chi connectivity index (χ2v) is 7.50. The van der Waals surface area contributed by atoms with Gasteiger partial charge in [0.05, 0.1) is 0 Å². The number of ether oxygens (including phenoxy) is 2. The van der Waals surface area contributed by atoms with Gasteiger partial charge < -0.3 is 14.4 Å². The van der Waals surface area contributed by atoms with E-state index in [2.05, 4.69) is 18.7 Å². The Morgan fingerprint density at radius 2 is 1.58 bits per heavy atom. The van der Waals surface area contributed by atoms with Crippen LogP contribution in [0.5, 0.6) is 0 Å². The van der Waals surface area contributed by atoms with E-state index in [0.717, 1.165) is 44.6 Å². The molecule has 0 radical (unpaired) electrons. The maximum Gasteiger partial charge on any atom is 0.306 e. The molecular weight excluding hydrogens is 330 g/mol. The highest BCUT2D eigenvalue weighted by atomic mass is 16.6. The van der Waals surface area contributed by atoms with Crippen LogP contribution in [0.1, 0.15) is 85.0 Å². The topological polar surface area (TPSA) is 55.8 Å². The van der Waals surface area contributed by atoms with E-state index in [1.165, 1.54) is 32.6 Å². The number of nitrogens with zero attached hydrogens (tertiary/aromatic N) is 1. The summed E-state index contributed by atoms with van der Waals surface area (Å²) in [6.07, 6.45) is 9.80. The van der Waals surface area contributed by atoms with Crippen molar-refractivity contribution >= 4 is 11.9 Å². The molecule has 0 aromatic carbocycles. The number of carbonyl (C=O) groups is 2. The third kappa shape index (κ3) is 15.2. The third-order valence-electron chi connectivity index (χ3n) is 4.80. The fourth-order valence-electron chi connectivity index (χ4n) is 3.01. The molecule has 1 unspecified atom stereocenters. The van der Waals surface area contributed by atoms with Crippen LogP contribution < -0.4 is 0 Å². The van der Waals surface area contributed by atoms with Crippen LogP contribution in [0, 0.1) is 5.92 Å². The summed E-state index contributed by atoms with van der Waals surface area (Å²) in [6, 6.07) is 0. The van der Waals surface area contributed by atoms with Crippen molar-refractivity contribution in [1.29, 1.82) is 0 Å². The highest BCUT2D eigenvalue weighted by Crippen LogP contribution is 2.18. The summed E-state index contributed by atoms with van der Waals surface area (Å²) in [5.41, 5.74) is 0. The van der Waals surface area contributed by atoms with E-state index in [9.17, 15) is 9.59 Å². The Balaban J connectivity index is 4.10. The Kier molecular flexibility index (Phi) is 15.4. The SMILES string of the molecule is CCC(CC)CCCCCC(COC(C)=O)OC(=O)CCCCN(C)C. The predicted molar refractivity (Wildman–Crippen MR) is 106 cm³/mol. The molecule has 0 spiro atoms. The van der Waals surface area contributed by atoms with E-state index in [-0.39, 0.29) is 24.6 Å². The van der Waals surface area contributed by atoms with Crippen LogP contribution in [-0.4, -0.2) is 50.2 Å². The Labute approximate surface area is 160 Å². The first-order valence-electron chi connectivity index (χ1n) is 10.4. The molecule has 0 aromatic heterocycles. The zero-order valence-corrected chi connectivity index (χ0v) is 17.7. The molecule has 0 N–H and O–H groups in total. The quantitative estimate of drug-likeness (QED) is 0.294. The fourth-order valence-corrected chi connectivity index (χ4v) is 3.01. The van der Waals surface area contributed by atoms with Crippen LogP contribution in [0.4, 0.5) is 0 Å². The highest BCUT2D eigenvalue weighted by Gasteiger charge is 2.16. The first-order chi connectivity index (χ1) is 12.4. The van der Waals surface area contributed by atoms with Gasteiger partial charge in [-0.15, -0.1) is 0 Å². The second kappa shape index (κ2) is 16.1. The molecule has 0 rings (SSSR count). The lowest BCUT2D eigenvalue weighted by atomic mass is 9.95. The Morgan fingerprint density at radius 1 is 0.923 bits per heavy atom. The summed E-state index contributed by atoms with van der Waals surface area (Å²) in [4.78, 5) is 25.2. The molecule has 0 heterocycles. The van der Waals surface area contributed by atoms with E-state index in [4.69, 9.17) is 9.47 Å². The monoisotopic (exact) mass is 371 g/mol. The fraction of sp³-hybridized carbons (Fsp3) is 0.905. The summed E-state index contributed by atoms with van der Waals surface area (Å²) in [6.45, 7) is 7.03. The van der Waals surface area contributed by atoms with Crippen LogP contribution in [0.3, 0.4) is 0 Å². The van der Waals surface area contributed by atoms with Crippen molar-refractivity contribution < 1.29 is 19.1 Å². The van der Waals surface area contributed by atoms with E-state index in [1.807, 2.05) is 14.1 Å². The van der Waals surface area contributed by atoms with E-state index >= 15 is 0 Å². The van der Waals surface area contributed by atoms with Gasteiger partial charge in [0.25, 0.3) is 0 Å². The molecule has 0 saturated heterocycles. The van der Waals surface area contributed by atoms with Crippen molar-refractivity contribution in [3.05, 3.63) is 0 Å². The van der Waals surface area contributed by atoms with Crippen LogP contribution >= 0.6 is 0 Å². The number of unbranched alkanes of at least 4 members (excludes halogenated alkanes) is 3. The lowest BCUT2D eigenvalue weighted by Gasteiger charge is -2.18. The van der Waals surface area contributed by atoms with Crippen molar-refractivity contribution in [2.24, 2.45) is 5.92 Å². The van der Waals surface area contributed by atoms with Gasteiger partial charge in [-0.2, -0.15) is 0 Å². The van der Waals surface area contributed by atoms with Gasteiger partial charge in [0, 0.05) is 13.3 Å². The predicted octanol–water partition coefficient (Wildman–Crippen LogP) is 4.58.